The summed E-state index contributed by atoms with van der Waals surface area (Å²) < 4.78 is 23.0. The Morgan fingerprint density at radius 2 is 2.13 bits per heavy atom. The molecular formula is C10H19NO3S. The van der Waals surface area contributed by atoms with Gasteiger partial charge in [-0.15, -0.1) is 0 Å². The SMILES string of the molecule is CC(C)S(=O)(=O)CCC(=O)C1CCCN1. The summed E-state index contributed by atoms with van der Waals surface area (Å²) in [5.74, 6) is 0.0264. The number of Topliss-reactive ketones (excluding diaryl/α,β-unsaturated/α-hetero) is 1. The first kappa shape index (κ1) is 12.6. The van der Waals surface area contributed by atoms with E-state index in [-0.39, 0.29) is 29.2 Å². The van der Waals surface area contributed by atoms with Gasteiger partial charge in [0.05, 0.1) is 17.0 Å². The third-order valence-electron chi connectivity index (χ3n) is 2.80. The van der Waals surface area contributed by atoms with Crippen molar-refractivity contribution in [3.8, 4) is 0 Å². The quantitative estimate of drug-likeness (QED) is 0.752. The number of hydrogen-bond donors (Lipinski definition) is 1. The lowest BCUT2D eigenvalue weighted by molar-refractivity contribution is -0.120. The van der Waals surface area contributed by atoms with Crippen LogP contribution in [-0.4, -0.2) is 37.8 Å². The molecule has 0 aromatic carbocycles. The van der Waals surface area contributed by atoms with Crippen LogP contribution in [-0.2, 0) is 14.6 Å². The molecule has 0 amide bonds. The van der Waals surface area contributed by atoms with E-state index < -0.39 is 9.84 Å². The topological polar surface area (TPSA) is 63.2 Å². The summed E-state index contributed by atoms with van der Waals surface area (Å²) in [4.78, 5) is 11.6. The molecule has 0 aromatic rings. The summed E-state index contributed by atoms with van der Waals surface area (Å²) in [5.41, 5.74) is 0. The molecule has 0 bridgehead atoms. The number of sulfone groups is 1. The third-order valence-corrected chi connectivity index (χ3v) is 5.01. The van der Waals surface area contributed by atoms with Crippen LogP contribution < -0.4 is 5.32 Å². The zero-order chi connectivity index (χ0) is 11.5. The smallest absolute Gasteiger partial charge is 0.153 e. The van der Waals surface area contributed by atoms with Crippen LogP contribution in [0, 0.1) is 0 Å². The van der Waals surface area contributed by atoms with Gasteiger partial charge >= 0.3 is 0 Å². The van der Waals surface area contributed by atoms with E-state index in [1.165, 1.54) is 0 Å². The summed E-state index contributed by atoms with van der Waals surface area (Å²) in [7, 11) is -3.07. The van der Waals surface area contributed by atoms with E-state index in [0.29, 0.717) is 0 Å². The maximum absolute atomic E-state index is 11.6. The second kappa shape index (κ2) is 5.07. The fourth-order valence-electron chi connectivity index (χ4n) is 1.61. The highest BCUT2D eigenvalue weighted by Gasteiger charge is 2.24. The van der Waals surface area contributed by atoms with E-state index in [1.54, 1.807) is 13.8 Å². The molecule has 5 heteroatoms. The minimum absolute atomic E-state index is 0.0122. The number of nitrogens with one attached hydrogen (secondary N) is 1. The molecule has 1 aliphatic heterocycles. The Morgan fingerprint density at radius 1 is 1.47 bits per heavy atom. The Balaban J connectivity index is 2.40. The predicted molar refractivity (Wildman–Crippen MR) is 59.6 cm³/mol. The number of rotatable bonds is 5. The molecule has 1 atom stereocenters. The minimum atomic E-state index is -3.07. The van der Waals surface area contributed by atoms with Gasteiger partial charge in [0.2, 0.25) is 0 Å². The van der Waals surface area contributed by atoms with Crippen molar-refractivity contribution in [2.45, 2.75) is 44.4 Å². The van der Waals surface area contributed by atoms with Gasteiger partial charge < -0.3 is 5.32 Å². The summed E-state index contributed by atoms with van der Waals surface area (Å²) in [5, 5.41) is 2.69. The molecule has 1 unspecified atom stereocenters. The van der Waals surface area contributed by atoms with Crippen molar-refractivity contribution >= 4 is 15.6 Å². The number of hydrogen-bond acceptors (Lipinski definition) is 4. The largest absolute Gasteiger partial charge is 0.307 e. The molecule has 1 rings (SSSR count). The lowest BCUT2D eigenvalue weighted by Crippen LogP contribution is -2.32. The summed E-state index contributed by atoms with van der Waals surface area (Å²) in [6, 6.07) is -0.104. The molecular weight excluding hydrogens is 214 g/mol. The van der Waals surface area contributed by atoms with Gasteiger partial charge in [-0.05, 0) is 33.2 Å². The molecule has 4 nitrogen and oxygen atoms in total. The van der Waals surface area contributed by atoms with Gasteiger partial charge in [-0.25, -0.2) is 8.42 Å². The first-order valence-electron chi connectivity index (χ1n) is 5.41. The molecule has 0 saturated carbocycles. The standard InChI is InChI=1S/C10H19NO3S/c1-8(2)15(13,14)7-5-10(12)9-4-3-6-11-9/h8-9,11H,3-7H2,1-2H3. The van der Waals surface area contributed by atoms with Crippen molar-refractivity contribution in [2.24, 2.45) is 0 Å². The van der Waals surface area contributed by atoms with Crippen LogP contribution in [0.4, 0.5) is 0 Å². The molecule has 1 heterocycles. The van der Waals surface area contributed by atoms with Gasteiger partial charge in [0.1, 0.15) is 0 Å². The molecule has 1 fully saturated rings. The Morgan fingerprint density at radius 3 is 2.60 bits per heavy atom. The summed E-state index contributed by atoms with van der Waals surface area (Å²) in [6.07, 6.45) is 2.01. The highest BCUT2D eigenvalue weighted by molar-refractivity contribution is 7.91. The van der Waals surface area contributed by atoms with Gasteiger partial charge in [-0.3, -0.25) is 4.79 Å². The van der Waals surface area contributed by atoms with Gasteiger partial charge in [0.15, 0.2) is 15.6 Å². The fraction of sp³-hybridized carbons (Fsp3) is 0.900. The number of carbonyl (C=O) groups is 1. The van der Waals surface area contributed by atoms with Crippen LogP contribution in [0.5, 0.6) is 0 Å². The normalized spacial score (nSPS) is 22.2. The highest BCUT2D eigenvalue weighted by atomic mass is 32.2. The van der Waals surface area contributed by atoms with Gasteiger partial charge in [0, 0.05) is 6.42 Å². The zero-order valence-corrected chi connectivity index (χ0v) is 10.1. The molecule has 1 saturated heterocycles. The predicted octanol–water partition coefficient (Wildman–Crippen LogP) is 0.521. The monoisotopic (exact) mass is 233 g/mol. The molecule has 0 spiro atoms. The Labute approximate surface area is 91.4 Å². The molecule has 88 valence electrons. The average Bonchev–Trinajstić information content (AvgIpc) is 2.66. The van der Waals surface area contributed by atoms with Crippen LogP contribution in [0.15, 0.2) is 0 Å². The number of carbonyl (C=O) groups excluding carboxylic acids is 1. The van der Waals surface area contributed by atoms with E-state index in [9.17, 15) is 13.2 Å². The van der Waals surface area contributed by atoms with Crippen molar-refractivity contribution < 1.29 is 13.2 Å². The molecule has 1 aliphatic rings. The zero-order valence-electron chi connectivity index (χ0n) is 9.32. The summed E-state index contributed by atoms with van der Waals surface area (Å²) in [6.45, 7) is 4.16. The van der Waals surface area contributed by atoms with Crippen LogP contribution >= 0.6 is 0 Å². The molecule has 1 N–H and O–H groups in total. The van der Waals surface area contributed by atoms with Crippen molar-refractivity contribution in [2.75, 3.05) is 12.3 Å². The second-order valence-corrected chi connectivity index (χ2v) is 6.96. The van der Waals surface area contributed by atoms with Crippen LogP contribution in [0.25, 0.3) is 0 Å². The van der Waals surface area contributed by atoms with Crippen molar-refractivity contribution in [1.82, 2.24) is 5.32 Å². The van der Waals surface area contributed by atoms with Gasteiger partial charge in [-0.2, -0.15) is 0 Å². The van der Waals surface area contributed by atoms with E-state index in [2.05, 4.69) is 5.32 Å². The summed E-state index contributed by atoms with van der Waals surface area (Å²) >= 11 is 0. The van der Waals surface area contributed by atoms with E-state index in [4.69, 9.17) is 0 Å². The number of ketones is 1. The molecule has 0 aliphatic carbocycles. The van der Waals surface area contributed by atoms with E-state index in [0.717, 1.165) is 19.4 Å². The fourth-order valence-corrected chi connectivity index (χ4v) is 2.57. The minimum Gasteiger partial charge on any atom is -0.307 e. The maximum atomic E-state index is 11.6. The molecule has 0 radical (unpaired) electrons. The lowest BCUT2D eigenvalue weighted by atomic mass is 10.1. The van der Waals surface area contributed by atoms with E-state index in [1.807, 2.05) is 0 Å². The highest BCUT2D eigenvalue weighted by Crippen LogP contribution is 2.10. The van der Waals surface area contributed by atoms with Crippen molar-refractivity contribution in [3.63, 3.8) is 0 Å². The Bertz CT molecular complexity index is 316. The molecule has 0 aromatic heterocycles. The van der Waals surface area contributed by atoms with Crippen LogP contribution in [0.3, 0.4) is 0 Å². The van der Waals surface area contributed by atoms with E-state index >= 15 is 0 Å². The maximum Gasteiger partial charge on any atom is 0.153 e. The molecule has 15 heavy (non-hydrogen) atoms. The first-order chi connectivity index (χ1) is 6.93. The Hall–Kier alpha value is -0.420. The van der Waals surface area contributed by atoms with Gasteiger partial charge in [-0.1, -0.05) is 0 Å². The first-order valence-corrected chi connectivity index (χ1v) is 7.12. The van der Waals surface area contributed by atoms with Crippen LogP contribution in [0.2, 0.25) is 0 Å². The Kier molecular flexibility index (Phi) is 4.28. The lowest BCUT2D eigenvalue weighted by Gasteiger charge is -2.10. The second-order valence-electron chi connectivity index (χ2n) is 4.28. The van der Waals surface area contributed by atoms with Crippen LogP contribution in [0.1, 0.15) is 33.1 Å². The average molecular weight is 233 g/mol. The van der Waals surface area contributed by atoms with Crippen molar-refractivity contribution in [3.05, 3.63) is 0 Å². The third kappa shape index (κ3) is 3.57. The van der Waals surface area contributed by atoms with Crippen molar-refractivity contribution in [1.29, 1.82) is 0 Å². The van der Waals surface area contributed by atoms with Gasteiger partial charge in [0.25, 0.3) is 0 Å².